The number of fused-ring (bicyclic) bond motifs is 4. The molecule has 4 aliphatic rings. The van der Waals surface area contributed by atoms with Gasteiger partial charge in [0.05, 0.1) is 0 Å². The molecule has 0 aliphatic heterocycles. The molecule has 0 saturated heterocycles. The molecule has 44 heavy (non-hydrogen) atoms. The largest absolute Gasteiger partial charge is 0.382 e. The molecule has 1 N–H and O–H groups in total. The number of Topliss-reactive ketones (excluding diaryl/α,β-unsaturated/α-hetero) is 1. The molecule has 0 amide bonds. The highest BCUT2D eigenvalue weighted by atomic mass is 28.3. The lowest BCUT2D eigenvalue weighted by Gasteiger charge is -2.53. The summed E-state index contributed by atoms with van der Waals surface area (Å²) in [7, 11) is -2.38. The van der Waals surface area contributed by atoms with Crippen molar-refractivity contribution in [2.45, 2.75) is 135 Å². The Labute approximate surface area is 265 Å². The minimum Gasteiger partial charge on any atom is -0.382 e. The van der Waals surface area contributed by atoms with Crippen LogP contribution in [0.25, 0.3) is 11.1 Å². The number of alkyl halides is 2. The standard InChI is InChI=1S/C39H52F2O2Si/c1-24(2)28-10-12-29(13-11-28)36-33-15-14-32-31(30(33)16-17-35(36)42)18-20-37(9)34(32)19-21-38(37,43)39(40,41)22-23-44(25(3)4,26(5)6)27(7)8/h10-13,25-27,32,34,43H,1,14-21H2,2-9H3/t32-,34+,37+,38+/m1/s1. The van der Waals surface area contributed by atoms with Crippen LogP contribution < -0.4 is 0 Å². The molecule has 2 nitrogen and oxygen atoms in total. The average Bonchev–Trinajstić information content (AvgIpc) is 3.24. The Kier molecular flexibility index (Phi) is 8.65. The predicted molar refractivity (Wildman–Crippen MR) is 181 cm³/mol. The number of carbonyl (C=O) groups is 1. The third kappa shape index (κ3) is 4.85. The van der Waals surface area contributed by atoms with Crippen molar-refractivity contribution in [1.29, 1.82) is 0 Å². The average molecular weight is 619 g/mol. The van der Waals surface area contributed by atoms with Gasteiger partial charge in [0, 0.05) is 17.4 Å². The summed E-state index contributed by atoms with van der Waals surface area (Å²) in [5.74, 6) is -0.618. The Morgan fingerprint density at radius 3 is 2.14 bits per heavy atom. The Bertz CT molecular complexity index is 1450. The Hall–Kier alpha value is -2.29. The molecular weight excluding hydrogens is 567 g/mol. The fraction of sp³-hybridized carbons (Fsp3) is 0.615. The number of aliphatic hydroxyl groups is 1. The minimum atomic E-state index is -3.47. The van der Waals surface area contributed by atoms with Crippen LogP contribution in [0.4, 0.5) is 8.78 Å². The van der Waals surface area contributed by atoms with E-state index >= 15 is 8.78 Å². The summed E-state index contributed by atoms with van der Waals surface area (Å²) in [5, 5.41) is 12.1. The zero-order chi connectivity index (χ0) is 32.4. The number of halogens is 2. The maximum atomic E-state index is 16.4. The molecule has 1 aromatic carbocycles. The first kappa shape index (κ1) is 33.1. The van der Waals surface area contributed by atoms with Crippen molar-refractivity contribution in [2.75, 3.05) is 0 Å². The van der Waals surface area contributed by atoms with Crippen molar-refractivity contribution in [3.63, 3.8) is 0 Å². The smallest absolute Gasteiger partial charge is 0.336 e. The van der Waals surface area contributed by atoms with E-state index in [-0.39, 0.29) is 40.7 Å². The molecule has 4 atom stereocenters. The third-order valence-corrected chi connectivity index (χ3v) is 18.8. The summed E-state index contributed by atoms with van der Waals surface area (Å²) in [4.78, 5) is 13.3. The first-order chi connectivity index (χ1) is 20.5. The molecule has 2 fully saturated rings. The molecule has 5 rings (SSSR count). The SMILES string of the molecule is C=C(C)c1ccc(C2=C3CC[C@@H]4C(=C3CCC2=O)CC[C@@]2(C)[C@H]4CC[C@@]2(O)C(F)(F)C#C[Si](C(C)C)(C(C)C)C(C)C)cc1. The number of hydrogen-bond donors (Lipinski definition) is 1. The number of hydrogen-bond acceptors (Lipinski definition) is 2. The van der Waals surface area contributed by atoms with E-state index in [1.807, 2.05) is 38.1 Å². The van der Waals surface area contributed by atoms with Crippen molar-refractivity contribution in [1.82, 2.24) is 0 Å². The van der Waals surface area contributed by atoms with Crippen molar-refractivity contribution in [3.05, 3.63) is 58.7 Å². The van der Waals surface area contributed by atoms with Crippen LogP contribution in [0.15, 0.2) is 47.6 Å². The molecule has 2 saturated carbocycles. The van der Waals surface area contributed by atoms with Crippen LogP contribution in [0.1, 0.15) is 118 Å². The second-order valence-electron chi connectivity index (χ2n) is 15.4. The maximum Gasteiger partial charge on any atom is 0.336 e. The van der Waals surface area contributed by atoms with Gasteiger partial charge in [0.2, 0.25) is 0 Å². The van der Waals surface area contributed by atoms with E-state index in [9.17, 15) is 9.90 Å². The van der Waals surface area contributed by atoms with Gasteiger partial charge in [0.25, 0.3) is 0 Å². The molecule has 4 aliphatic carbocycles. The fourth-order valence-electron chi connectivity index (χ4n) is 10.1. The number of ketones is 1. The molecule has 5 heteroatoms. The van der Waals surface area contributed by atoms with Crippen molar-refractivity contribution in [3.8, 4) is 11.5 Å². The van der Waals surface area contributed by atoms with Gasteiger partial charge in [-0.15, -0.1) is 5.54 Å². The molecule has 0 aromatic heterocycles. The van der Waals surface area contributed by atoms with Gasteiger partial charge in [-0.25, -0.2) is 0 Å². The van der Waals surface area contributed by atoms with Gasteiger partial charge >= 0.3 is 5.92 Å². The molecule has 0 heterocycles. The highest BCUT2D eigenvalue weighted by Crippen LogP contribution is 2.66. The van der Waals surface area contributed by atoms with Crippen LogP contribution in [0.5, 0.6) is 0 Å². The third-order valence-electron chi connectivity index (χ3n) is 12.6. The van der Waals surface area contributed by atoms with Crippen LogP contribution in [-0.4, -0.2) is 30.5 Å². The molecule has 0 spiro atoms. The van der Waals surface area contributed by atoms with E-state index in [0.29, 0.717) is 25.7 Å². The molecular formula is C39H52F2O2Si. The Morgan fingerprint density at radius 1 is 0.955 bits per heavy atom. The molecule has 0 radical (unpaired) electrons. The van der Waals surface area contributed by atoms with E-state index in [1.54, 1.807) is 0 Å². The van der Waals surface area contributed by atoms with Crippen molar-refractivity contribution >= 4 is 25.0 Å². The predicted octanol–water partition coefficient (Wildman–Crippen LogP) is 10.3. The van der Waals surface area contributed by atoms with E-state index in [0.717, 1.165) is 41.5 Å². The summed E-state index contributed by atoms with van der Waals surface area (Å²) >= 11 is 0. The molecule has 0 unspecified atom stereocenters. The molecule has 0 bridgehead atoms. The normalized spacial score (nSPS) is 29.1. The lowest BCUT2D eigenvalue weighted by atomic mass is 9.54. The second kappa shape index (κ2) is 11.5. The Balaban J connectivity index is 1.51. The van der Waals surface area contributed by atoms with Gasteiger partial charge < -0.3 is 5.11 Å². The van der Waals surface area contributed by atoms with Crippen LogP contribution in [0, 0.1) is 28.7 Å². The highest BCUT2D eigenvalue weighted by Gasteiger charge is 2.70. The topological polar surface area (TPSA) is 37.3 Å². The van der Waals surface area contributed by atoms with E-state index in [2.05, 4.69) is 59.6 Å². The number of carbonyl (C=O) groups excluding carboxylic acids is 1. The lowest BCUT2D eigenvalue weighted by molar-refractivity contribution is -0.207. The Morgan fingerprint density at radius 2 is 1.57 bits per heavy atom. The van der Waals surface area contributed by atoms with E-state index in [4.69, 9.17) is 0 Å². The van der Waals surface area contributed by atoms with Crippen molar-refractivity contribution in [2.24, 2.45) is 17.3 Å². The number of benzene rings is 1. The lowest BCUT2D eigenvalue weighted by Crippen LogP contribution is -2.59. The van der Waals surface area contributed by atoms with E-state index < -0.39 is 25.0 Å². The first-order valence-corrected chi connectivity index (χ1v) is 19.1. The quantitative estimate of drug-likeness (QED) is 0.254. The summed E-state index contributed by atoms with van der Waals surface area (Å²) in [6.07, 6.45) is 4.71. The second-order valence-corrected chi connectivity index (χ2v) is 21.0. The van der Waals surface area contributed by atoms with Gasteiger partial charge in [0.15, 0.2) is 5.78 Å². The summed E-state index contributed by atoms with van der Waals surface area (Å²) in [6, 6.07) is 8.15. The zero-order valence-corrected chi connectivity index (χ0v) is 29.2. The van der Waals surface area contributed by atoms with E-state index in [1.165, 1.54) is 16.7 Å². The van der Waals surface area contributed by atoms with Gasteiger partial charge in [-0.2, -0.15) is 8.78 Å². The van der Waals surface area contributed by atoms with Gasteiger partial charge in [0.1, 0.15) is 13.7 Å². The maximum absolute atomic E-state index is 16.4. The van der Waals surface area contributed by atoms with Crippen LogP contribution in [0.2, 0.25) is 16.6 Å². The van der Waals surface area contributed by atoms with Gasteiger partial charge in [-0.3, -0.25) is 4.79 Å². The number of rotatable bonds is 6. The fourth-order valence-corrected chi connectivity index (χ4v) is 15.4. The molecule has 238 valence electrons. The summed E-state index contributed by atoms with van der Waals surface area (Å²) < 4.78 is 32.9. The van der Waals surface area contributed by atoms with Gasteiger partial charge in [-0.05, 0) is 109 Å². The number of allylic oxidation sites excluding steroid dienone is 5. The summed E-state index contributed by atoms with van der Waals surface area (Å²) in [5.41, 5.74) is 8.62. The molecule has 1 aromatic rings. The first-order valence-electron chi connectivity index (χ1n) is 16.9. The minimum absolute atomic E-state index is 0.0174. The summed E-state index contributed by atoms with van der Waals surface area (Å²) in [6.45, 7) is 20.7. The highest BCUT2D eigenvalue weighted by molar-refractivity contribution is 6.90. The van der Waals surface area contributed by atoms with Crippen LogP contribution in [-0.2, 0) is 4.79 Å². The van der Waals surface area contributed by atoms with Gasteiger partial charge in [-0.1, -0.05) is 90.5 Å². The van der Waals surface area contributed by atoms with Crippen molar-refractivity contribution < 1.29 is 18.7 Å². The zero-order valence-electron chi connectivity index (χ0n) is 28.2. The van der Waals surface area contributed by atoms with Crippen LogP contribution >= 0.6 is 0 Å². The monoisotopic (exact) mass is 618 g/mol. The van der Waals surface area contributed by atoms with Crippen LogP contribution in [0.3, 0.4) is 0 Å².